The van der Waals surface area contributed by atoms with E-state index in [1.165, 1.54) is 4.13 Å². The van der Waals surface area contributed by atoms with Gasteiger partial charge in [0.2, 0.25) is 0 Å². The van der Waals surface area contributed by atoms with Crippen LogP contribution in [-0.4, -0.2) is 27.0 Å². The number of nitrogens with one attached hydrogen (secondary N) is 1. The van der Waals surface area contributed by atoms with Crippen LogP contribution >= 0.6 is 0 Å². The number of aromatic hydroxyl groups is 2. The molecule has 1 aliphatic heterocycles. The van der Waals surface area contributed by atoms with Gasteiger partial charge in [0.05, 0.1) is 0 Å². The summed E-state index contributed by atoms with van der Waals surface area (Å²) < 4.78 is 49.3. The number of rotatable bonds is 0. The predicted octanol–water partition coefficient (Wildman–Crippen LogP) is 0.609. The first-order valence-electron chi connectivity index (χ1n) is 6.32. The van der Waals surface area contributed by atoms with Gasteiger partial charge >= 0.3 is 0 Å². The lowest BCUT2D eigenvalue weighted by molar-refractivity contribution is 0.396. The third-order valence-corrected chi connectivity index (χ3v) is 8.05. The van der Waals surface area contributed by atoms with Gasteiger partial charge in [0, 0.05) is 23.0 Å². The molecule has 4 aliphatic rings. The maximum Gasteiger partial charge on any atom is 0.259 e. The molecule has 9 heteroatoms. The summed E-state index contributed by atoms with van der Waals surface area (Å²) in [6.07, 6.45) is 5.15. The molecule has 0 saturated carbocycles. The SMILES string of the molecule is O=S1(=O)NS(=O)(=O)c2c(O)c3c(c(O)c21)C1C=CC3CC1. The van der Waals surface area contributed by atoms with Crippen molar-refractivity contribution in [1.82, 2.24) is 4.13 Å². The van der Waals surface area contributed by atoms with E-state index in [4.69, 9.17) is 0 Å². The van der Waals surface area contributed by atoms with Gasteiger partial charge in [-0.2, -0.15) is 0 Å². The number of allylic oxidation sites excluding steroid dienone is 2. The van der Waals surface area contributed by atoms with Crippen LogP contribution in [0.25, 0.3) is 0 Å². The molecule has 5 rings (SSSR count). The minimum Gasteiger partial charge on any atom is -0.506 e. The molecule has 1 heterocycles. The fraction of sp³-hybridized carbons (Fsp3) is 0.333. The number of benzene rings is 1. The van der Waals surface area contributed by atoms with Crippen LogP contribution in [0.4, 0.5) is 0 Å². The number of hydrogen-bond acceptors (Lipinski definition) is 6. The van der Waals surface area contributed by atoms with E-state index in [9.17, 15) is 27.0 Å². The fourth-order valence-corrected chi connectivity index (χ4v) is 7.38. The van der Waals surface area contributed by atoms with E-state index in [-0.39, 0.29) is 11.8 Å². The zero-order chi connectivity index (χ0) is 15.2. The number of fused-ring (bicyclic) bond motifs is 2. The van der Waals surface area contributed by atoms with Crippen LogP contribution in [0.1, 0.15) is 35.8 Å². The van der Waals surface area contributed by atoms with Gasteiger partial charge in [0.15, 0.2) is 0 Å². The summed E-state index contributed by atoms with van der Waals surface area (Å²) >= 11 is 0. The monoisotopic (exact) mass is 329 g/mol. The standard InChI is InChI=1S/C12H11NO6S2/c14-9-7-5-1-2-6(4-3-5)8(7)10(15)12-11(9)20(16,17)13-21(12,18)19/h1-2,5-6,13-15H,3-4H2. The summed E-state index contributed by atoms with van der Waals surface area (Å²) in [4.78, 5) is -1.47. The van der Waals surface area contributed by atoms with Gasteiger partial charge in [-0.15, -0.1) is 4.13 Å². The van der Waals surface area contributed by atoms with Crippen LogP contribution in [0.2, 0.25) is 0 Å². The molecule has 2 atom stereocenters. The summed E-state index contributed by atoms with van der Waals surface area (Å²) in [5, 5.41) is 20.7. The van der Waals surface area contributed by atoms with Crippen molar-refractivity contribution >= 4 is 20.0 Å². The number of phenols is 2. The Balaban J connectivity index is 2.23. The molecule has 1 aromatic carbocycles. The van der Waals surface area contributed by atoms with Gasteiger partial charge in [-0.1, -0.05) is 12.2 Å². The minimum absolute atomic E-state index is 0.209. The predicted molar refractivity (Wildman–Crippen MR) is 71.1 cm³/mol. The van der Waals surface area contributed by atoms with Gasteiger partial charge < -0.3 is 10.2 Å². The van der Waals surface area contributed by atoms with Crippen LogP contribution in [-0.2, 0) is 20.0 Å². The second-order valence-electron chi connectivity index (χ2n) is 5.45. The van der Waals surface area contributed by atoms with Gasteiger partial charge in [-0.3, -0.25) is 0 Å². The van der Waals surface area contributed by atoms with Crippen LogP contribution in [0.5, 0.6) is 11.5 Å². The Morgan fingerprint density at radius 1 is 0.857 bits per heavy atom. The molecule has 1 aromatic rings. The maximum atomic E-state index is 12.0. The highest BCUT2D eigenvalue weighted by molar-refractivity contribution is 8.07. The second-order valence-corrected chi connectivity index (χ2v) is 8.95. The molecule has 0 saturated heterocycles. The summed E-state index contributed by atoms with van der Waals surface area (Å²) in [5.74, 6) is -1.55. The summed E-state index contributed by atoms with van der Waals surface area (Å²) in [7, 11) is -8.78. The van der Waals surface area contributed by atoms with E-state index >= 15 is 0 Å². The highest BCUT2D eigenvalue weighted by Gasteiger charge is 2.48. The number of phenolic OH excluding ortho intramolecular Hbond substituents is 2. The zero-order valence-corrected chi connectivity index (χ0v) is 12.2. The van der Waals surface area contributed by atoms with Gasteiger partial charge in [-0.25, -0.2) is 16.8 Å². The normalized spacial score (nSPS) is 30.1. The molecule has 3 aliphatic carbocycles. The average Bonchev–Trinajstić information content (AvgIpc) is 2.61. The van der Waals surface area contributed by atoms with Crippen molar-refractivity contribution in [2.45, 2.75) is 34.5 Å². The first-order chi connectivity index (χ1) is 9.74. The van der Waals surface area contributed by atoms with Crippen LogP contribution in [0.15, 0.2) is 21.9 Å². The van der Waals surface area contributed by atoms with E-state index in [0.717, 1.165) is 12.8 Å². The lowest BCUT2D eigenvalue weighted by Crippen LogP contribution is -2.21. The summed E-state index contributed by atoms with van der Waals surface area (Å²) in [6.45, 7) is 0. The van der Waals surface area contributed by atoms with E-state index in [0.29, 0.717) is 11.1 Å². The molecular formula is C12H11NO6S2. The van der Waals surface area contributed by atoms with Gasteiger partial charge in [0.1, 0.15) is 21.3 Å². The molecule has 3 N–H and O–H groups in total. The second kappa shape index (κ2) is 3.60. The van der Waals surface area contributed by atoms with Crippen molar-refractivity contribution in [3.63, 3.8) is 0 Å². The van der Waals surface area contributed by atoms with Crippen molar-refractivity contribution in [2.75, 3.05) is 0 Å². The quantitative estimate of drug-likeness (QED) is 0.474. The lowest BCUT2D eigenvalue weighted by atomic mass is 9.71. The Morgan fingerprint density at radius 3 is 1.57 bits per heavy atom. The molecule has 0 aromatic heterocycles. The zero-order valence-electron chi connectivity index (χ0n) is 10.6. The fourth-order valence-electron chi connectivity index (χ4n) is 3.49. The Bertz CT molecular complexity index is 854. The molecule has 7 nitrogen and oxygen atoms in total. The minimum atomic E-state index is -4.39. The molecule has 0 radical (unpaired) electrons. The van der Waals surface area contributed by atoms with E-state index < -0.39 is 41.3 Å². The van der Waals surface area contributed by atoms with Crippen LogP contribution in [0, 0.1) is 0 Å². The van der Waals surface area contributed by atoms with Crippen LogP contribution < -0.4 is 4.13 Å². The number of sulfonamides is 2. The molecule has 112 valence electrons. The molecule has 0 fully saturated rings. The Morgan fingerprint density at radius 2 is 1.24 bits per heavy atom. The van der Waals surface area contributed by atoms with Gasteiger partial charge in [-0.05, 0) is 12.8 Å². The number of hydrogen-bond donors (Lipinski definition) is 3. The highest BCUT2D eigenvalue weighted by Crippen LogP contribution is 2.57. The van der Waals surface area contributed by atoms with Gasteiger partial charge in [0.25, 0.3) is 20.0 Å². The Kier molecular flexibility index (Phi) is 2.25. The van der Waals surface area contributed by atoms with E-state index in [1.54, 1.807) is 0 Å². The highest BCUT2D eigenvalue weighted by atomic mass is 32.3. The molecule has 2 bridgehead atoms. The van der Waals surface area contributed by atoms with E-state index in [1.807, 2.05) is 12.2 Å². The third kappa shape index (κ3) is 1.46. The smallest absolute Gasteiger partial charge is 0.259 e. The van der Waals surface area contributed by atoms with Crippen molar-refractivity contribution in [1.29, 1.82) is 0 Å². The Labute approximate surface area is 121 Å². The van der Waals surface area contributed by atoms with E-state index in [2.05, 4.69) is 0 Å². The maximum absolute atomic E-state index is 12.0. The molecule has 2 unspecified atom stereocenters. The Hall–Kier alpha value is -1.58. The summed E-state index contributed by atoms with van der Waals surface area (Å²) in [5.41, 5.74) is 0.653. The van der Waals surface area contributed by atoms with Crippen molar-refractivity contribution in [3.05, 3.63) is 23.3 Å². The van der Waals surface area contributed by atoms with Crippen molar-refractivity contribution < 1.29 is 27.0 Å². The molecule has 0 amide bonds. The topological polar surface area (TPSA) is 121 Å². The largest absolute Gasteiger partial charge is 0.506 e. The van der Waals surface area contributed by atoms with Crippen molar-refractivity contribution in [2.24, 2.45) is 0 Å². The van der Waals surface area contributed by atoms with Crippen LogP contribution in [0.3, 0.4) is 0 Å². The molecule has 0 spiro atoms. The molecule has 21 heavy (non-hydrogen) atoms. The first kappa shape index (κ1) is 13.1. The van der Waals surface area contributed by atoms with Crippen molar-refractivity contribution in [3.8, 4) is 11.5 Å². The molecular weight excluding hydrogens is 318 g/mol. The summed E-state index contributed by atoms with van der Waals surface area (Å²) in [6, 6.07) is 0. The third-order valence-electron chi connectivity index (χ3n) is 4.30. The average molecular weight is 329 g/mol. The first-order valence-corrected chi connectivity index (χ1v) is 9.29. The lowest BCUT2D eigenvalue weighted by Gasteiger charge is -2.34.